The van der Waals surface area contributed by atoms with Gasteiger partial charge in [0.2, 0.25) is 0 Å². The van der Waals surface area contributed by atoms with Gasteiger partial charge in [0.1, 0.15) is 6.10 Å². The zero-order valence-electron chi connectivity index (χ0n) is 8.75. The molecule has 0 aromatic carbocycles. The van der Waals surface area contributed by atoms with Crippen molar-refractivity contribution < 1.29 is 54.1 Å². The molecular weight excluding hydrogens is 306 g/mol. The van der Waals surface area contributed by atoms with Crippen molar-refractivity contribution in [2.24, 2.45) is 0 Å². The third-order valence-electron chi connectivity index (χ3n) is 2.13. The van der Waals surface area contributed by atoms with Gasteiger partial charge in [-0.2, -0.15) is 43.9 Å². The highest BCUT2D eigenvalue weighted by Gasteiger charge is 2.86. The van der Waals surface area contributed by atoms with Crippen molar-refractivity contribution in [3.63, 3.8) is 0 Å². The average Bonchev–Trinajstić information content (AvgIpc) is 2.14. The highest BCUT2D eigenvalue weighted by molar-refractivity contribution is 5.07. The van der Waals surface area contributed by atoms with Gasteiger partial charge >= 0.3 is 29.8 Å². The van der Waals surface area contributed by atoms with Gasteiger partial charge in [-0.3, -0.25) is 0 Å². The van der Waals surface area contributed by atoms with E-state index in [9.17, 15) is 43.9 Å². The number of rotatable bonds is 4. The van der Waals surface area contributed by atoms with Crippen molar-refractivity contribution in [1.29, 1.82) is 0 Å². The van der Waals surface area contributed by atoms with Crippen LogP contribution in [0.1, 0.15) is 6.92 Å². The quantitative estimate of drug-likeness (QED) is 0.783. The van der Waals surface area contributed by atoms with Gasteiger partial charge in [-0.25, -0.2) is 0 Å². The first-order valence-electron chi connectivity index (χ1n) is 4.24. The second-order valence-corrected chi connectivity index (χ2v) is 3.57. The molecule has 0 radical (unpaired) electrons. The second kappa shape index (κ2) is 4.36. The van der Waals surface area contributed by atoms with E-state index in [1.165, 1.54) is 0 Å². The fourth-order valence-electron chi connectivity index (χ4n) is 0.872. The van der Waals surface area contributed by atoms with E-state index >= 15 is 0 Å². The Kier molecular flexibility index (Phi) is 4.18. The zero-order chi connectivity index (χ0) is 16.1. The van der Waals surface area contributed by atoms with Crippen LogP contribution in [-0.4, -0.2) is 46.1 Å². The zero-order valence-corrected chi connectivity index (χ0v) is 8.75. The molecular formula is C7H6F10O2. The summed E-state index contributed by atoms with van der Waals surface area (Å²) in [6, 6.07) is 0. The third kappa shape index (κ3) is 2.35. The lowest BCUT2D eigenvalue weighted by molar-refractivity contribution is -0.444. The third-order valence-corrected chi connectivity index (χ3v) is 2.13. The molecule has 0 aromatic heterocycles. The van der Waals surface area contributed by atoms with Gasteiger partial charge in [0.25, 0.3) is 0 Å². The van der Waals surface area contributed by atoms with Crippen molar-refractivity contribution in [1.82, 2.24) is 0 Å². The molecule has 0 aliphatic carbocycles. The summed E-state index contributed by atoms with van der Waals surface area (Å²) in [5.41, 5.74) is 0. The Morgan fingerprint density at radius 3 is 1.26 bits per heavy atom. The highest BCUT2D eigenvalue weighted by atomic mass is 19.4. The predicted octanol–water partition coefficient (Wildman–Crippen LogP) is 2.49. The van der Waals surface area contributed by atoms with E-state index in [0.29, 0.717) is 0 Å². The summed E-state index contributed by atoms with van der Waals surface area (Å²) in [5, 5.41) is 16.4. The van der Waals surface area contributed by atoms with Gasteiger partial charge in [0.05, 0.1) is 0 Å². The molecule has 0 spiro atoms. The van der Waals surface area contributed by atoms with Crippen molar-refractivity contribution in [3.05, 3.63) is 0 Å². The summed E-state index contributed by atoms with van der Waals surface area (Å²) in [7, 11) is 0. The maximum absolute atomic E-state index is 12.8. The Bertz CT molecular complexity index is 331. The SMILES string of the molecule is CC(O)C(F)(F)C(O)(F)C(F)(F)C(F)(F)C(F)(F)F. The lowest BCUT2D eigenvalue weighted by atomic mass is 9.94. The number of hydrogen-bond acceptors (Lipinski definition) is 2. The Hall–Kier alpha value is -0.780. The van der Waals surface area contributed by atoms with Crippen LogP contribution in [-0.2, 0) is 0 Å². The van der Waals surface area contributed by atoms with Gasteiger partial charge in [-0.1, -0.05) is 0 Å². The van der Waals surface area contributed by atoms with Gasteiger partial charge in [-0.15, -0.1) is 0 Å². The Balaban J connectivity index is 5.92. The second-order valence-electron chi connectivity index (χ2n) is 3.57. The van der Waals surface area contributed by atoms with E-state index < -0.39 is 35.9 Å². The van der Waals surface area contributed by atoms with Crippen LogP contribution in [0.4, 0.5) is 43.9 Å². The summed E-state index contributed by atoms with van der Waals surface area (Å²) >= 11 is 0. The van der Waals surface area contributed by atoms with Crippen LogP contribution in [0.5, 0.6) is 0 Å². The average molecular weight is 312 g/mol. The van der Waals surface area contributed by atoms with E-state index in [1.807, 2.05) is 0 Å². The number of aliphatic hydroxyl groups excluding tert-OH is 1. The van der Waals surface area contributed by atoms with E-state index in [0.717, 1.165) is 0 Å². The fourth-order valence-corrected chi connectivity index (χ4v) is 0.872. The Morgan fingerprint density at radius 2 is 1.05 bits per heavy atom. The van der Waals surface area contributed by atoms with Gasteiger partial charge < -0.3 is 10.2 Å². The van der Waals surface area contributed by atoms with Crippen molar-refractivity contribution in [3.8, 4) is 0 Å². The molecule has 0 saturated heterocycles. The molecule has 0 aliphatic heterocycles. The van der Waals surface area contributed by atoms with Crippen molar-refractivity contribution in [2.45, 2.75) is 42.8 Å². The first kappa shape index (κ1) is 18.2. The molecule has 0 heterocycles. The van der Waals surface area contributed by atoms with Crippen LogP contribution < -0.4 is 0 Å². The Labute approximate surface area is 98.2 Å². The number of alkyl halides is 10. The minimum Gasteiger partial charge on any atom is -0.387 e. The van der Waals surface area contributed by atoms with Crippen molar-refractivity contribution >= 4 is 0 Å². The minimum absolute atomic E-state index is 0.0909. The molecule has 116 valence electrons. The van der Waals surface area contributed by atoms with Crippen LogP contribution in [0, 0.1) is 0 Å². The standard InChI is InChI=1S/C7H6F10O2/c1-2(18)3(8,9)6(14,19)4(10,11)5(12,13)7(15,16)17/h2,18-19H,1H3. The van der Waals surface area contributed by atoms with E-state index in [1.54, 1.807) is 0 Å². The number of hydrogen-bond donors (Lipinski definition) is 2. The van der Waals surface area contributed by atoms with Crippen LogP contribution >= 0.6 is 0 Å². The van der Waals surface area contributed by atoms with Crippen LogP contribution in [0.25, 0.3) is 0 Å². The normalized spacial score (nSPS) is 20.1. The summed E-state index contributed by atoms with van der Waals surface area (Å²) in [6.45, 7) is -0.0909. The molecule has 2 unspecified atom stereocenters. The molecule has 0 aromatic rings. The highest BCUT2D eigenvalue weighted by Crippen LogP contribution is 2.56. The Morgan fingerprint density at radius 1 is 0.737 bits per heavy atom. The molecule has 2 N–H and O–H groups in total. The molecule has 0 amide bonds. The van der Waals surface area contributed by atoms with Crippen molar-refractivity contribution in [2.75, 3.05) is 0 Å². The lowest BCUT2D eigenvalue weighted by Gasteiger charge is -2.39. The van der Waals surface area contributed by atoms with E-state index in [4.69, 9.17) is 10.2 Å². The molecule has 0 aliphatic rings. The van der Waals surface area contributed by atoms with E-state index in [-0.39, 0.29) is 6.92 Å². The molecule has 0 bridgehead atoms. The summed E-state index contributed by atoms with van der Waals surface area (Å²) in [6.07, 6.45) is -10.6. The van der Waals surface area contributed by atoms with Crippen LogP contribution in [0.15, 0.2) is 0 Å². The number of halogens is 10. The molecule has 0 rings (SSSR count). The number of aliphatic hydroxyl groups is 2. The summed E-state index contributed by atoms with van der Waals surface area (Å²) < 4.78 is 123. The van der Waals surface area contributed by atoms with Crippen LogP contribution in [0.3, 0.4) is 0 Å². The maximum atomic E-state index is 12.8. The van der Waals surface area contributed by atoms with Gasteiger partial charge in [0, 0.05) is 0 Å². The van der Waals surface area contributed by atoms with Gasteiger partial charge in [0.15, 0.2) is 0 Å². The molecule has 19 heavy (non-hydrogen) atoms. The first-order valence-corrected chi connectivity index (χ1v) is 4.24. The molecule has 12 heteroatoms. The largest absolute Gasteiger partial charge is 0.460 e. The molecule has 0 saturated carbocycles. The smallest absolute Gasteiger partial charge is 0.387 e. The maximum Gasteiger partial charge on any atom is 0.460 e. The molecule has 0 fully saturated rings. The monoisotopic (exact) mass is 312 g/mol. The topological polar surface area (TPSA) is 40.5 Å². The van der Waals surface area contributed by atoms with Crippen LogP contribution in [0.2, 0.25) is 0 Å². The summed E-state index contributed by atoms with van der Waals surface area (Å²) in [5.74, 6) is -27.1. The lowest BCUT2D eigenvalue weighted by Crippen LogP contribution is -2.70. The molecule has 2 nitrogen and oxygen atoms in total. The van der Waals surface area contributed by atoms with E-state index in [2.05, 4.69) is 0 Å². The molecule has 2 atom stereocenters. The minimum atomic E-state index is -7.29. The first-order chi connectivity index (χ1) is 7.94. The predicted molar refractivity (Wildman–Crippen MR) is 38.6 cm³/mol. The summed E-state index contributed by atoms with van der Waals surface area (Å²) in [4.78, 5) is 0. The van der Waals surface area contributed by atoms with Gasteiger partial charge in [-0.05, 0) is 6.92 Å². The fraction of sp³-hybridized carbons (Fsp3) is 1.00.